The summed E-state index contributed by atoms with van der Waals surface area (Å²) in [4.78, 5) is 35.2. The second-order valence-corrected chi connectivity index (χ2v) is 9.16. The number of carbonyl (C=O) groups excluding carboxylic acids is 2. The summed E-state index contributed by atoms with van der Waals surface area (Å²) in [6.45, 7) is 3.52. The Labute approximate surface area is 194 Å². The highest BCUT2D eigenvalue weighted by atomic mass is 32.1. The fourth-order valence-electron chi connectivity index (χ4n) is 3.94. The van der Waals surface area contributed by atoms with Gasteiger partial charge in [0, 0.05) is 23.1 Å². The minimum atomic E-state index is -0.222. The van der Waals surface area contributed by atoms with Crippen molar-refractivity contribution in [1.29, 1.82) is 0 Å². The highest BCUT2D eigenvalue weighted by Crippen LogP contribution is 2.28. The first kappa shape index (κ1) is 21.3. The van der Waals surface area contributed by atoms with Crippen LogP contribution in [0.25, 0.3) is 21.5 Å². The molecule has 0 atom stereocenters. The van der Waals surface area contributed by atoms with Gasteiger partial charge in [-0.1, -0.05) is 41.7 Å². The number of nitrogens with zero attached hydrogens (tertiary/aromatic N) is 4. The molecule has 5 rings (SSSR count). The molecule has 33 heavy (non-hydrogen) atoms. The minimum absolute atomic E-state index is 0.0736. The molecule has 0 saturated carbocycles. The van der Waals surface area contributed by atoms with Crippen molar-refractivity contribution in [1.82, 2.24) is 25.5 Å². The molecular weight excluding hydrogens is 436 g/mol. The molecule has 166 valence electrons. The molecule has 0 bridgehead atoms. The van der Waals surface area contributed by atoms with Gasteiger partial charge in [0.2, 0.25) is 11.7 Å². The second kappa shape index (κ2) is 9.13. The van der Waals surface area contributed by atoms with E-state index in [-0.39, 0.29) is 23.3 Å². The van der Waals surface area contributed by atoms with E-state index in [9.17, 15) is 9.59 Å². The zero-order valence-corrected chi connectivity index (χ0v) is 18.9. The van der Waals surface area contributed by atoms with Gasteiger partial charge in [0.1, 0.15) is 22.2 Å². The summed E-state index contributed by atoms with van der Waals surface area (Å²) in [6.07, 6.45) is 3.20. The number of amides is 1. The lowest BCUT2D eigenvalue weighted by Crippen LogP contribution is -2.34. The van der Waals surface area contributed by atoms with Crippen LogP contribution in [0.1, 0.15) is 33.9 Å². The number of hydrogen-bond acceptors (Lipinski definition) is 8. The van der Waals surface area contributed by atoms with Crippen molar-refractivity contribution in [2.24, 2.45) is 5.92 Å². The molecule has 3 aromatic heterocycles. The summed E-state index contributed by atoms with van der Waals surface area (Å²) >= 11 is 1.45. The number of piperidine rings is 1. The Morgan fingerprint density at radius 2 is 1.88 bits per heavy atom. The largest absolute Gasteiger partial charge is 0.317 e. The van der Waals surface area contributed by atoms with E-state index in [2.05, 4.69) is 30.8 Å². The minimum Gasteiger partial charge on any atom is -0.317 e. The lowest BCUT2D eigenvalue weighted by molar-refractivity contribution is -0.120. The topological polar surface area (TPSA) is 110 Å². The van der Waals surface area contributed by atoms with Crippen molar-refractivity contribution in [3.8, 4) is 10.7 Å². The van der Waals surface area contributed by atoms with Crippen LogP contribution in [-0.2, 0) is 4.79 Å². The fraction of sp³-hybridized carbons (Fsp3) is 0.250. The Balaban J connectivity index is 1.58. The van der Waals surface area contributed by atoms with Crippen LogP contribution in [-0.4, -0.2) is 44.9 Å². The van der Waals surface area contributed by atoms with E-state index in [1.54, 1.807) is 24.4 Å². The summed E-state index contributed by atoms with van der Waals surface area (Å²) in [5.41, 5.74) is 1.44. The first-order valence-electron chi connectivity index (χ1n) is 10.8. The number of carbonyl (C=O) groups is 2. The molecule has 1 fully saturated rings. The molecule has 4 heterocycles. The predicted molar refractivity (Wildman–Crippen MR) is 127 cm³/mol. The maximum atomic E-state index is 13.3. The Kier molecular flexibility index (Phi) is 5.89. The van der Waals surface area contributed by atoms with Gasteiger partial charge >= 0.3 is 0 Å². The van der Waals surface area contributed by atoms with E-state index in [4.69, 9.17) is 0 Å². The third-order valence-electron chi connectivity index (χ3n) is 5.67. The standard InChI is InChI=1S/C24H22N6O2S/c1-14-29-30-24(33-14)19-11-17-12-20(28-23(32)16-7-9-25-10-8-16)27-21(18(17)13-26-19)22(31)15-5-3-2-4-6-15/h2-6,11-13,16,25H,7-10H2,1H3,(H,27,28,32). The second-order valence-electron chi connectivity index (χ2n) is 7.98. The molecule has 0 radical (unpaired) electrons. The molecule has 2 N–H and O–H groups in total. The third kappa shape index (κ3) is 4.50. The summed E-state index contributed by atoms with van der Waals surface area (Å²) in [7, 11) is 0. The molecule has 9 heteroatoms. The van der Waals surface area contributed by atoms with Crippen molar-refractivity contribution >= 4 is 39.6 Å². The van der Waals surface area contributed by atoms with Gasteiger partial charge in [-0.15, -0.1) is 10.2 Å². The van der Waals surface area contributed by atoms with Crippen molar-refractivity contribution in [3.63, 3.8) is 0 Å². The van der Waals surface area contributed by atoms with Crippen LogP contribution in [0.2, 0.25) is 0 Å². The Bertz CT molecular complexity index is 1330. The van der Waals surface area contributed by atoms with Crippen molar-refractivity contribution < 1.29 is 9.59 Å². The molecule has 0 aliphatic carbocycles. The van der Waals surface area contributed by atoms with Crippen molar-refractivity contribution in [3.05, 3.63) is 64.9 Å². The molecule has 1 aromatic carbocycles. The summed E-state index contributed by atoms with van der Waals surface area (Å²) in [5, 5.41) is 17.4. The van der Waals surface area contributed by atoms with Gasteiger partial charge in [-0.05, 0) is 50.4 Å². The van der Waals surface area contributed by atoms with Crippen LogP contribution >= 0.6 is 11.3 Å². The van der Waals surface area contributed by atoms with E-state index >= 15 is 0 Å². The number of aryl methyl sites for hydroxylation is 1. The van der Waals surface area contributed by atoms with Gasteiger partial charge in [-0.25, -0.2) is 4.98 Å². The van der Waals surface area contributed by atoms with Gasteiger partial charge in [-0.3, -0.25) is 14.6 Å². The molecule has 0 spiro atoms. The molecule has 1 saturated heterocycles. The monoisotopic (exact) mass is 458 g/mol. The van der Waals surface area contributed by atoms with Crippen molar-refractivity contribution in [2.45, 2.75) is 19.8 Å². The lowest BCUT2D eigenvalue weighted by Gasteiger charge is -2.21. The molecule has 1 amide bonds. The van der Waals surface area contributed by atoms with Crippen LogP contribution in [0.15, 0.2) is 48.7 Å². The maximum Gasteiger partial charge on any atom is 0.228 e. The third-order valence-corrected chi connectivity index (χ3v) is 6.53. The highest BCUT2D eigenvalue weighted by molar-refractivity contribution is 7.14. The zero-order chi connectivity index (χ0) is 22.8. The molecule has 1 aliphatic rings. The van der Waals surface area contributed by atoms with Gasteiger partial charge in [-0.2, -0.15) is 0 Å². The number of fused-ring (bicyclic) bond motifs is 1. The molecule has 0 unspecified atom stereocenters. The first-order chi connectivity index (χ1) is 16.1. The van der Waals surface area contributed by atoms with Crippen LogP contribution in [0.3, 0.4) is 0 Å². The van der Waals surface area contributed by atoms with Crippen LogP contribution in [0, 0.1) is 12.8 Å². The van der Waals surface area contributed by atoms with Crippen molar-refractivity contribution in [2.75, 3.05) is 18.4 Å². The van der Waals surface area contributed by atoms with E-state index in [1.807, 2.05) is 31.2 Å². The van der Waals surface area contributed by atoms with E-state index < -0.39 is 0 Å². The number of nitrogens with one attached hydrogen (secondary N) is 2. The SMILES string of the molecule is Cc1nnc(-c2cc3cc(NC(=O)C4CCNCC4)nc(C(=O)c4ccccc4)c3cn2)s1. The maximum absolute atomic E-state index is 13.3. The molecule has 8 nitrogen and oxygen atoms in total. The van der Waals surface area contributed by atoms with Gasteiger partial charge in [0.05, 0.1) is 0 Å². The molecule has 4 aromatic rings. The predicted octanol–water partition coefficient (Wildman–Crippen LogP) is 3.63. The van der Waals surface area contributed by atoms with E-state index in [0.717, 1.165) is 36.3 Å². The van der Waals surface area contributed by atoms with E-state index in [1.165, 1.54) is 11.3 Å². The lowest BCUT2D eigenvalue weighted by atomic mass is 9.97. The number of ketones is 1. The van der Waals surface area contributed by atoms with Gasteiger partial charge in [0.25, 0.3) is 0 Å². The average Bonchev–Trinajstić information content (AvgIpc) is 3.30. The number of anilines is 1. The zero-order valence-electron chi connectivity index (χ0n) is 18.0. The first-order valence-corrected chi connectivity index (χ1v) is 11.6. The average molecular weight is 459 g/mol. The smallest absolute Gasteiger partial charge is 0.228 e. The van der Waals surface area contributed by atoms with Crippen LogP contribution in [0.5, 0.6) is 0 Å². The summed E-state index contributed by atoms with van der Waals surface area (Å²) < 4.78 is 0. The number of hydrogen-bond donors (Lipinski definition) is 2. The highest BCUT2D eigenvalue weighted by Gasteiger charge is 2.23. The fourth-order valence-corrected chi connectivity index (χ4v) is 4.60. The number of aromatic nitrogens is 4. The van der Waals surface area contributed by atoms with Gasteiger partial charge < -0.3 is 10.6 Å². The summed E-state index contributed by atoms with van der Waals surface area (Å²) in [6, 6.07) is 12.6. The molecule has 1 aliphatic heterocycles. The number of rotatable bonds is 5. The Morgan fingerprint density at radius 3 is 2.61 bits per heavy atom. The summed E-state index contributed by atoms with van der Waals surface area (Å²) in [5.74, 6) is -0.0133. The van der Waals surface area contributed by atoms with Crippen LogP contribution < -0.4 is 10.6 Å². The quantitative estimate of drug-likeness (QED) is 0.440. The Morgan fingerprint density at radius 1 is 1.09 bits per heavy atom. The van der Waals surface area contributed by atoms with E-state index in [0.29, 0.717) is 27.5 Å². The normalized spacial score (nSPS) is 14.3. The van der Waals surface area contributed by atoms with Gasteiger partial charge in [0.15, 0.2) is 5.01 Å². The molecular formula is C24H22N6O2S. The number of benzene rings is 1. The van der Waals surface area contributed by atoms with Crippen LogP contribution in [0.4, 0.5) is 5.82 Å². The number of pyridine rings is 2. The Hall–Kier alpha value is -3.56.